The van der Waals surface area contributed by atoms with Gasteiger partial charge in [-0.3, -0.25) is 0 Å². The molecule has 1 rings (SSSR count). The smallest absolute Gasteiger partial charge is 0.276 e. The summed E-state index contributed by atoms with van der Waals surface area (Å²) in [4.78, 5) is 0. The van der Waals surface area contributed by atoms with Gasteiger partial charge in [-0.05, 0) is 19.4 Å². The highest BCUT2D eigenvalue weighted by molar-refractivity contribution is 7.99. The van der Waals surface area contributed by atoms with Gasteiger partial charge in [-0.2, -0.15) is 0 Å². The first-order valence-corrected chi connectivity index (χ1v) is 5.44. The predicted octanol–water partition coefficient (Wildman–Crippen LogP) is 1.60. The average molecular weight is 201 g/mol. The summed E-state index contributed by atoms with van der Waals surface area (Å²) in [5.74, 6) is 1.66. The van der Waals surface area contributed by atoms with Crippen molar-refractivity contribution in [3.8, 4) is 0 Å². The van der Waals surface area contributed by atoms with E-state index in [1.165, 1.54) is 6.42 Å². The minimum absolute atomic E-state index is 0.629. The molecule has 0 aromatic carbocycles. The van der Waals surface area contributed by atoms with Crippen LogP contribution in [0.2, 0.25) is 0 Å². The van der Waals surface area contributed by atoms with Gasteiger partial charge in [-0.1, -0.05) is 18.2 Å². The molecule has 0 aliphatic rings. The van der Waals surface area contributed by atoms with Crippen molar-refractivity contribution in [1.82, 2.24) is 10.2 Å². The molecule has 0 saturated carbocycles. The summed E-state index contributed by atoms with van der Waals surface area (Å²) >= 11 is 1.61. The molecule has 0 atom stereocenters. The lowest BCUT2D eigenvalue weighted by molar-refractivity contribution is 0.429. The van der Waals surface area contributed by atoms with E-state index in [1.807, 2.05) is 0 Å². The molecule has 1 aromatic rings. The summed E-state index contributed by atoms with van der Waals surface area (Å²) in [5.41, 5.74) is 5.38. The van der Waals surface area contributed by atoms with Crippen LogP contribution in [0, 0.1) is 6.92 Å². The number of hydrogen-bond acceptors (Lipinski definition) is 5. The third-order valence-corrected chi connectivity index (χ3v) is 2.49. The van der Waals surface area contributed by atoms with Crippen LogP contribution in [0.15, 0.2) is 9.64 Å². The third-order valence-electron chi connectivity index (χ3n) is 1.58. The summed E-state index contributed by atoms with van der Waals surface area (Å²) in [6.07, 6.45) is 3.43. The van der Waals surface area contributed by atoms with Crippen LogP contribution in [0.5, 0.6) is 0 Å². The Bertz CT molecular complexity index is 239. The Kier molecular flexibility index (Phi) is 4.85. The molecule has 0 amide bonds. The molecule has 13 heavy (non-hydrogen) atoms. The van der Waals surface area contributed by atoms with Gasteiger partial charge in [-0.25, -0.2) is 0 Å². The van der Waals surface area contributed by atoms with Crippen molar-refractivity contribution in [2.45, 2.75) is 31.4 Å². The Morgan fingerprint density at radius 3 is 2.77 bits per heavy atom. The van der Waals surface area contributed by atoms with Gasteiger partial charge in [0.15, 0.2) is 0 Å². The molecule has 4 nitrogen and oxygen atoms in total. The Hall–Kier alpha value is -0.550. The van der Waals surface area contributed by atoms with Gasteiger partial charge in [0.25, 0.3) is 5.22 Å². The molecule has 74 valence electrons. The highest BCUT2D eigenvalue weighted by Crippen LogP contribution is 2.17. The van der Waals surface area contributed by atoms with Crippen LogP contribution in [-0.2, 0) is 0 Å². The third kappa shape index (κ3) is 4.28. The molecule has 0 bridgehead atoms. The van der Waals surface area contributed by atoms with Crippen LogP contribution >= 0.6 is 11.8 Å². The van der Waals surface area contributed by atoms with Crippen molar-refractivity contribution >= 4 is 11.8 Å². The number of aryl methyl sites for hydroxylation is 1. The van der Waals surface area contributed by atoms with E-state index >= 15 is 0 Å². The topological polar surface area (TPSA) is 64.9 Å². The zero-order valence-electron chi connectivity index (χ0n) is 7.82. The number of hydrogen-bond donors (Lipinski definition) is 1. The highest BCUT2D eigenvalue weighted by atomic mass is 32.2. The van der Waals surface area contributed by atoms with E-state index in [-0.39, 0.29) is 0 Å². The van der Waals surface area contributed by atoms with Crippen LogP contribution in [-0.4, -0.2) is 22.5 Å². The molecule has 1 heterocycles. The molecule has 0 spiro atoms. The number of thioether (sulfide) groups is 1. The maximum atomic E-state index is 5.38. The maximum absolute atomic E-state index is 5.38. The monoisotopic (exact) mass is 201 g/mol. The second-order valence-corrected chi connectivity index (χ2v) is 3.83. The molecule has 0 fully saturated rings. The van der Waals surface area contributed by atoms with Crippen molar-refractivity contribution in [3.05, 3.63) is 5.89 Å². The quantitative estimate of drug-likeness (QED) is 0.559. The van der Waals surface area contributed by atoms with Crippen molar-refractivity contribution in [3.63, 3.8) is 0 Å². The largest absolute Gasteiger partial charge is 0.416 e. The SMILES string of the molecule is Cc1nnc(SCCCCCN)o1. The lowest BCUT2D eigenvalue weighted by Crippen LogP contribution is -1.97. The second-order valence-electron chi connectivity index (χ2n) is 2.78. The van der Waals surface area contributed by atoms with Crippen LogP contribution in [0.25, 0.3) is 0 Å². The maximum Gasteiger partial charge on any atom is 0.276 e. The lowest BCUT2D eigenvalue weighted by Gasteiger charge is -1.95. The molecule has 5 heteroatoms. The average Bonchev–Trinajstić information content (AvgIpc) is 2.51. The summed E-state index contributed by atoms with van der Waals surface area (Å²) in [6.45, 7) is 2.58. The van der Waals surface area contributed by atoms with E-state index in [2.05, 4.69) is 10.2 Å². The molecular formula is C8H15N3OS. The highest BCUT2D eigenvalue weighted by Gasteiger charge is 2.01. The van der Waals surface area contributed by atoms with Gasteiger partial charge < -0.3 is 10.2 Å². The van der Waals surface area contributed by atoms with Gasteiger partial charge in [-0.15, -0.1) is 10.2 Å². The van der Waals surface area contributed by atoms with Gasteiger partial charge >= 0.3 is 0 Å². The van der Waals surface area contributed by atoms with Gasteiger partial charge in [0.05, 0.1) is 0 Å². The summed E-state index contributed by atoms with van der Waals surface area (Å²) in [5, 5.41) is 8.30. The van der Waals surface area contributed by atoms with E-state index < -0.39 is 0 Å². The standard InChI is InChI=1S/C8H15N3OS/c1-7-10-11-8(12-7)13-6-4-2-3-5-9/h2-6,9H2,1H3. The Morgan fingerprint density at radius 2 is 2.15 bits per heavy atom. The first-order chi connectivity index (χ1) is 6.33. The lowest BCUT2D eigenvalue weighted by atomic mass is 10.2. The molecular weight excluding hydrogens is 186 g/mol. The van der Waals surface area contributed by atoms with Crippen molar-refractivity contribution in [2.24, 2.45) is 5.73 Å². The minimum atomic E-state index is 0.629. The molecule has 0 aliphatic heterocycles. The second kappa shape index (κ2) is 5.99. The fraction of sp³-hybridized carbons (Fsp3) is 0.750. The van der Waals surface area contributed by atoms with E-state index in [0.29, 0.717) is 11.1 Å². The van der Waals surface area contributed by atoms with Crippen molar-refractivity contribution in [2.75, 3.05) is 12.3 Å². The Labute approximate surface area is 82.3 Å². The zero-order chi connectivity index (χ0) is 9.52. The summed E-state index contributed by atoms with van der Waals surface area (Å²) in [7, 11) is 0. The number of nitrogens with two attached hydrogens (primary N) is 1. The summed E-state index contributed by atoms with van der Waals surface area (Å²) in [6, 6.07) is 0. The first-order valence-electron chi connectivity index (χ1n) is 4.46. The van der Waals surface area contributed by atoms with Crippen LogP contribution in [0.3, 0.4) is 0 Å². The number of rotatable bonds is 6. The Balaban J connectivity index is 2.06. The zero-order valence-corrected chi connectivity index (χ0v) is 8.64. The number of nitrogens with zero attached hydrogens (tertiary/aromatic N) is 2. The molecule has 0 radical (unpaired) electrons. The first kappa shape index (κ1) is 10.5. The number of unbranched alkanes of at least 4 members (excludes halogenated alkanes) is 2. The van der Waals surface area contributed by atoms with Gasteiger partial charge in [0.1, 0.15) is 0 Å². The van der Waals surface area contributed by atoms with E-state index in [4.69, 9.17) is 10.2 Å². The number of aromatic nitrogens is 2. The normalized spacial score (nSPS) is 10.6. The van der Waals surface area contributed by atoms with E-state index in [1.54, 1.807) is 18.7 Å². The fourth-order valence-electron chi connectivity index (χ4n) is 0.919. The van der Waals surface area contributed by atoms with Crippen molar-refractivity contribution in [1.29, 1.82) is 0 Å². The minimum Gasteiger partial charge on any atom is -0.416 e. The van der Waals surface area contributed by atoms with Crippen LogP contribution in [0.1, 0.15) is 25.2 Å². The molecule has 1 aromatic heterocycles. The summed E-state index contributed by atoms with van der Waals surface area (Å²) < 4.78 is 5.21. The van der Waals surface area contributed by atoms with Crippen molar-refractivity contribution < 1.29 is 4.42 Å². The van der Waals surface area contributed by atoms with Gasteiger partial charge in [0, 0.05) is 12.7 Å². The van der Waals surface area contributed by atoms with E-state index in [9.17, 15) is 0 Å². The predicted molar refractivity (Wildman–Crippen MR) is 52.7 cm³/mol. The van der Waals surface area contributed by atoms with E-state index in [0.717, 1.165) is 25.1 Å². The van der Waals surface area contributed by atoms with Gasteiger partial charge in [0.2, 0.25) is 5.89 Å². The molecule has 0 saturated heterocycles. The molecule has 2 N–H and O–H groups in total. The molecule has 0 aliphatic carbocycles. The fourth-order valence-corrected chi connectivity index (χ4v) is 1.72. The molecule has 0 unspecified atom stereocenters. The van der Waals surface area contributed by atoms with Crippen LogP contribution in [0.4, 0.5) is 0 Å². The Morgan fingerprint density at radius 1 is 1.31 bits per heavy atom. The van der Waals surface area contributed by atoms with Crippen LogP contribution < -0.4 is 5.73 Å².